The maximum Gasteiger partial charge on any atom is 0.390 e. The van der Waals surface area contributed by atoms with Gasteiger partial charge in [0.25, 0.3) is 0 Å². The molecule has 0 bridgehead atoms. The molecule has 0 atom stereocenters. The zero-order valence-electron chi connectivity index (χ0n) is 9.12. The number of halogens is 4. The molecule has 0 fully saturated rings. The summed E-state index contributed by atoms with van der Waals surface area (Å²) in [7, 11) is 1.73. The smallest absolute Gasteiger partial charge is 0.306 e. The van der Waals surface area contributed by atoms with Crippen LogP contribution >= 0.6 is 11.6 Å². The molecular formula is C10H19ClF3N. The second-order valence-corrected chi connectivity index (χ2v) is 4.15. The normalized spacial score (nSPS) is 12.4. The van der Waals surface area contributed by atoms with E-state index in [9.17, 15) is 13.2 Å². The summed E-state index contributed by atoms with van der Waals surface area (Å²) in [6, 6.07) is 0. The second kappa shape index (κ2) is 8.22. The molecular weight excluding hydrogens is 227 g/mol. The fourth-order valence-electron chi connectivity index (χ4n) is 1.26. The molecule has 0 aromatic carbocycles. The van der Waals surface area contributed by atoms with Crippen LogP contribution < -0.4 is 0 Å². The highest BCUT2D eigenvalue weighted by atomic mass is 35.5. The first-order valence-electron chi connectivity index (χ1n) is 5.27. The van der Waals surface area contributed by atoms with Crippen molar-refractivity contribution >= 4 is 11.6 Å². The molecule has 5 heteroatoms. The standard InChI is InChI=1S/C10H19ClF3N/c1-15(9-6-10(12,13)14)8-5-3-2-4-7-11/h2-9H2,1H3. The van der Waals surface area contributed by atoms with Crippen molar-refractivity contribution in [1.82, 2.24) is 4.90 Å². The van der Waals surface area contributed by atoms with Crippen molar-refractivity contribution in [2.24, 2.45) is 0 Å². The first-order chi connectivity index (χ1) is 6.95. The molecule has 1 nitrogen and oxygen atoms in total. The summed E-state index contributed by atoms with van der Waals surface area (Å²) in [6.07, 6.45) is -0.698. The Hall–Kier alpha value is 0.0400. The fourth-order valence-corrected chi connectivity index (χ4v) is 1.45. The minimum atomic E-state index is -4.03. The highest BCUT2D eigenvalue weighted by Crippen LogP contribution is 2.19. The monoisotopic (exact) mass is 245 g/mol. The number of hydrogen-bond acceptors (Lipinski definition) is 1. The summed E-state index contributed by atoms with van der Waals surface area (Å²) in [5.41, 5.74) is 0. The van der Waals surface area contributed by atoms with Gasteiger partial charge in [-0.15, -0.1) is 11.6 Å². The Morgan fingerprint density at radius 3 is 2.13 bits per heavy atom. The molecule has 0 unspecified atom stereocenters. The van der Waals surface area contributed by atoms with Crippen LogP contribution in [0.15, 0.2) is 0 Å². The second-order valence-electron chi connectivity index (χ2n) is 3.77. The lowest BCUT2D eigenvalue weighted by Gasteiger charge is -2.17. The van der Waals surface area contributed by atoms with Gasteiger partial charge in [0.05, 0.1) is 6.42 Å². The van der Waals surface area contributed by atoms with E-state index in [-0.39, 0.29) is 6.54 Å². The van der Waals surface area contributed by atoms with Crippen LogP contribution in [0.3, 0.4) is 0 Å². The largest absolute Gasteiger partial charge is 0.390 e. The topological polar surface area (TPSA) is 3.24 Å². The molecule has 0 aliphatic heterocycles. The lowest BCUT2D eigenvalue weighted by atomic mass is 10.2. The zero-order valence-corrected chi connectivity index (χ0v) is 9.87. The van der Waals surface area contributed by atoms with Gasteiger partial charge >= 0.3 is 6.18 Å². The van der Waals surface area contributed by atoms with Gasteiger partial charge in [0.2, 0.25) is 0 Å². The van der Waals surface area contributed by atoms with E-state index in [2.05, 4.69) is 0 Å². The Morgan fingerprint density at radius 1 is 1.00 bits per heavy atom. The lowest BCUT2D eigenvalue weighted by molar-refractivity contribution is -0.137. The van der Waals surface area contributed by atoms with Crippen LogP contribution in [0.4, 0.5) is 13.2 Å². The highest BCUT2D eigenvalue weighted by Gasteiger charge is 2.26. The molecule has 0 aliphatic carbocycles. The van der Waals surface area contributed by atoms with Gasteiger partial charge in [-0.1, -0.05) is 12.8 Å². The molecule has 0 aliphatic rings. The van der Waals surface area contributed by atoms with Crippen molar-refractivity contribution in [1.29, 1.82) is 0 Å². The van der Waals surface area contributed by atoms with E-state index in [0.717, 1.165) is 32.2 Å². The van der Waals surface area contributed by atoms with Crippen molar-refractivity contribution in [3.63, 3.8) is 0 Å². The summed E-state index contributed by atoms with van der Waals surface area (Å²) >= 11 is 5.51. The van der Waals surface area contributed by atoms with Crippen LogP contribution in [0.25, 0.3) is 0 Å². The minimum absolute atomic E-state index is 0.0962. The van der Waals surface area contributed by atoms with Gasteiger partial charge in [-0.3, -0.25) is 0 Å². The van der Waals surface area contributed by atoms with Gasteiger partial charge in [-0.05, 0) is 26.4 Å². The first-order valence-corrected chi connectivity index (χ1v) is 5.80. The third kappa shape index (κ3) is 12.0. The maximum absolute atomic E-state index is 11.9. The van der Waals surface area contributed by atoms with Crippen molar-refractivity contribution in [3.05, 3.63) is 0 Å². The van der Waals surface area contributed by atoms with E-state index >= 15 is 0 Å². The molecule has 92 valence electrons. The quantitative estimate of drug-likeness (QED) is 0.466. The molecule has 0 spiro atoms. The van der Waals surface area contributed by atoms with Gasteiger partial charge < -0.3 is 4.90 Å². The van der Waals surface area contributed by atoms with Crippen molar-refractivity contribution in [2.45, 2.75) is 38.3 Å². The summed E-state index contributed by atoms with van der Waals surface area (Å²) in [5, 5.41) is 0. The van der Waals surface area contributed by atoms with E-state index < -0.39 is 12.6 Å². The molecule has 0 amide bonds. The average Bonchev–Trinajstić information content (AvgIpc) is 2.13. The van der Waals surface area contributed by atoms with E-state index in [4.69, 9.17) is 11.6 Å². The van der Waals surface area contributed by atoms with E-state index in [1.54, 1.807) is 11.9 Å². The zero-order chi connectivity index (χ0) is 11.7. The Kier molecular flexibility index (Phi) is 8.24. The Labute approximate surface area is 94.6 Å². The maximum atomic E-state index is 11.9. The number of hydrogen-bond donors (Lipinski definition) is 0. The van der Waals surface area contributed by atoms with Gasteiger partial charge in [0.15, 0.2) is 0 Å². The van der Waals surface area contributed by atoms with Crippen LogP contribution in [0.1, 0.15) is 32.1 Å². The summed E-state index contributed by atoms with van der Waals surface area (Å²) in [5.74, 6) is 0.671. The predicted octanol–water partition coefficient (Wildman–Crippen LogP) is 3.67. The van der Waals surface area contributed by atoms with Crippen molar-refractivity contribution < 1.29 is 13.2 Å². The Balaban J connectivity index is 3.30. The van der Waals surface area contributed by atoms with Crippen LogP contribution in [0.5, 0.6) is 0 Å². The third-order valence-corrected chi connectivity index (χ3v) is 2.47. The Morgan fingerprint density at radius 2 is 1.60 bits per heavy atom. The number of rotatable bonds is 8. The van der Waals surface area contributed by atoms with Gasteiger partial charge in [-0.25, -0.2) is 0 Å². The first kappa shape index (κ1) is 15.0. The molecule has 0 N–H and O–H groups in total. The fraction of sp³-hybridized carbons (Fsp3) is 1.00. The van der Waals surface area contributed by atoms with E-state index in [0.29, 0.717) is 5.88 Å². The molecule has 0 rings (SSSR count). The van der Waals surface area contributed by atoms with Crippen molar-refractivity contribution in [3.8, 4) is 0 Å². The van der Waals surface area contributed by atoms with Crippen LogP contribution in [-0.2, 0) is 0 Å². The third-order valence-electron chi connectivity index (χ3n) is 2.20. The predicted molar refractivity (Wildman–Crippen MR) is 57.4 cm³/mol. The molecule has 0 aromatic rings. The number of unbranched alkanes of at least 4 members (excludes halogenated alkanes) is 3. The molecule has 15 heavy (non-hydrogen) atoms. The van der Waals surface area contributed by atoms with Crippen LogP contribution in [-0.4, -0.2) is 37.1 Å². The SMILES string of the molecule is CN(CCCCCCCl)CCC(F)(F)F. The lowest BCUT2D eigenvalue weighted by Crippen LogP contribution is -2.25. The highest BCUT2D eigenvalue weighted by molar-refractivity contribution is 6.17. The van der Waals surface area contributed by atoms with Gasteiger partial charge in [0.1, 0.15) is 0 Å². The molecule has 0 aromatic heterocycles. The van der Waals surface area contributed by atoms with Crippen molar-refractivity contribution in [2.75, 3.05) is 26.0 Å². The van der Waals surface area contributed by atoms with E-state index in [1.807, 2.05) is 0 Å². The van der Waals surface area contributed by atoms with E-state index in [1.165, 1.54) is 0 Å². The minimum Gasteiger partial charge on any atom is -0.306 e. The molecule has 0 saturated carbocycles. The molecule has 0 radical (unpaired) electrons. The van der Waals surface area contributed by atoms with Crippen LogP contribution in [0, 0.1) is 0 Å². The molecule has 0 heterocycles. The summed E-state index contributed by atoms with van der Waals surface area (Å²) in [6.45, 7) is 0.831. The number of alkyl halides is 4. The Bertz CT molecular complexity index is 150. The summed E-state index contributed by atoms with van der Waals surface area (Å²) in [4.78, 5) is 1.73. The van der Waals surface area contributed by atoms with Gasteiger partial charge in [0, 0.05) is 12.4 Å². The number of nitrogens with zero attached hydrogens (tertiary/aromatic N) is 1. The van der Waals surface area contributed by atoms with Crippen LogP contribution in [0.2, 0.25) is 0 Å². The summed E-state index contributed by atoms with van der Waals surface area (Å²) < 4.78 is 35.6. The molecule has 0 saturated heterocycles. The average molecular weight is 246 g/mol. The van der Waals surface area contributed by atoms with Gasteiger partial charge in [-0.2, -0.15) is 13.2 Å².